The molecular formula is C30H35N2O8P. The second-order valence-corrected chi connectivity index (χ2v) is 10.9. The highest BCUT2D eigenvalue weighted by Gasteiger charge is 2.36. The number of hydrogen-bond acceptors (Lipinski definition) is 7. The quantitative estimate of drug-likeness (QED) is 0.146. The summed E-state index contributed by atoms with van der Waals surface area (Å²) >= 11 is 0. The van der Waals surface area contributed by atoms with E-state index in [0.29, 0.717) is 5.56 Å². The topological polar surface area (TPSA) is 142 Å². The van der Waals surface area contributed by atoms with Gasteiger partial charge in [0.05, 0.1) is 24.6 Å². The highest BCUT2D eigenvalue weighted by Crippen LogP contribution is 2.37. The van der Waals surface area contributed by atoms with E-state index in [1.165, 1.54) is 11.8 Å². The smallest absolute Gasteiger partial charge is 0.339 e. The second kappa shape index (κ2) is 15.3. The van der Waals surface area contributed by atoms with Crippen LogP contribution in [0.4, 0.5) is 0 Å². The minimum Gasteiger partial charge on any atom is -0.466 e. The summed E-state index contributed by atoms with van der Waals surface area (Å²) in [6.07, 6.45) is -2.04. The molecule has 3 aromatic carbocycles. The molecule has 0 saturated carbocycles. The van der Waals surface area contributed by atoms with Gasteiger partial charge in [-0.3, -0.25) is 14.2 Å². The number of benzene rings is 3. The maximum absolute atomic E-state index is 13.5. The molecule has 0 fully saturated rings. The van der Waals surface area contributed by atoms with Crippen LogP contribution < -0.4 is 5.32 Å². The first-order valence-electron chi connectivity index (χ1n) is 13.2. The Hall–Kier alpha value is -3.82. The molecule has 0 spiro atoms. The summed E-state index contributed by atoms with van der Waals surface area (Å²) in [5.74, 6) is -1.78. The second-order valence-electron chi connectivity index (χ2n) is 9.32. The van der Waals surface area contributed by atoms with Gasteiger partial charge in [-0.05, 0) is 49.1 Å². The number of nitrogens with one attached hydrogen (secondary N) is 1. The van der Waals surface area contributed by atoms with Crippen molar-refractivity contribution in [2.45, 2.75) is 39.0 Å². The summed E-state index contributed by atoms with van der Waals surface area (Å²) < 4.78 is 22.6. The first-order valence-corrected chi connectivity index (χ1v) is 15.0. The molecular weight excluding hydrogens is 547 g/mol. The van der Waals surface area contributed by atoms with Crippen LogP contribution in [0.5, 0.6) is 0 Å². The van der Waals surface area contributed by atoms with Crippen molar-refractivity contribution >= 4 is 25.4 Å². The summed E-state index contributed by atoms with van der Waals surface area (Å²) in [5.41, 5.74) is 2.94. The lowest BCUT2D eigenvalue weighted by atomic mass is 9.99. The Balaban J connectivity index is 1.88. The Bertz CT molecular complexity index is 1330. The summed E-state index contributed by atoms with van der Waals surface area (Å²) in [5, 5.41) is 2.66. The van der Waals surface area contributed by atoms with E-state index in [2.05, 4.69) is 5.32 Å². The molecule has 2 unspecified atom stereocenters. The number of nitrogens with zero attached hydrogens (tertiary/aromatic N) is 1. The number of carbonyl (C=O) groups is 3. The van der Waals surface area contributed by atoms with Crippen LogP contribution in [0.3, 0.4) is 0 Å². The Morgan fingerprint density at radius 2 is 1.49 bits per heavy atom. The highest BCUT2D eigenvalue weighted by molar-refractivity contribution is 7.51. The van der Waals surface area contributed by atoms with Gasteiger partial charge < -0.3 is 24.6 Å². The largest absolute Gasteiger partial charge is 0.466 e. The normalized spacial score (nSPS) is 12.8. The average Bonchev–Trinajstić information content (AvgIpc) is 2.95. The van der Waals surface area contributed by atoms with Crippen molar-refractivity contribution in [1.82, 2.24) is 10.2 Å². The predicted molar refractivity (Wildman–Crippen MR) is 154 cm³/mol. The van der Waals surface area contributed by atoms with Crippen LogP contribution in [0.15, 0.2) is 84.9 Å². The Morgan fingerprint density at radius 3 is 2.07 bits per heavy atom. The molecule has 0 heterocycles. The molecule has 10 nitrogen and oxygen atoms in total. The van der Waals surface area contributed by atoms with E-state index >= 15 is 0 Å². The van der Waals surface area contributed by atoms with Crippen LogP contribution in [-0.2, 0) is 30.0 Å². The third kappa shape index (κ3) is 10.3. The summed E-state index contributed by atoms with van der Waals surface area (Å²) in [4.78, 5) is 59.0. The van der Waals surface area contributed by atoms with Crippen LogP contribution in [0.2, 0.25) is 0 Å². The molecule has 0 bridgehead atoms. The molecule has 0 radical (unpaired) electrons. The van der Waals surface area contributed by atoms with Gasteiger partial charge in [-0.25, -0.2) is 9.69 Å². The molecule has 0 aliphatic rings. The lowest BCUT2D eigenvalue weighted by Gasteiger charge is -2.35. The summed E-state index contributed by atoms with van der Waals surface area (Å²) in [6.45, 7) is 3.29. The van der Waals surface area contributed by atoms with E-state index in [4.69, 9.17) is 9.47 Å². The number of carbonyl (C=O) groups excluding carboxylic acids is 3. The number of ether oxygens (including phenoxy) is 2. The molecule has 0 saturated heterocycles. The van der Waals surface area contributed by atoms with E-state index in [9.17, 15) is 28.7 Å². The Labute approximate surface area is 239 Å². The standard InChI is InChI=1S/C30H35N2O8P/c1-3-39-28(33)18-19-31-29(34)27(20-23-14-16-25(17-15-23)24-10-6-4-7-11-24)32(21-41(36,37)38)22(2)40-30(35)26-12-8-5-9-13-26/h4-17,22,27H,3,18-21H2,1-2H3,(H,31,34)(H2,36,37,38). The van der Waals surface area contributed by atoms with Crippen molar-refractivity contribution in [3.63, 3.8) is 0 Å². The number of hydrogen-bond donors (Lipinski definition) is 3. The Morgan fingerprint density at radius 1 is 0.902 bits per heavy atom. The molecule has 1 amide bonds. The minimum absolute atomic E-state index is 0.0386. The average molecular weight is 583 g/mol. The van der Waals surface area contributed by atoms with Crippen molar-refractivity contribution < 1.29 is 38.2 Å². The van der Waals surface area contributed by atoms with E-state index < -0.39 is 44.0 Å². The molecule has 11 heteroatoms. The molecule has 218 valence electrons. The van der Waals surface area contributed by atoms with Crippen molar-refractivity contribution in [3.05, 3.63) is 96.1 Å². The third-order valence-corrected chi connectivity index (χ3v) is 6.92. The van der Waals surface area contributed by atoms with Crippen LogP contribution in [-0.4, -0.2) is 64.2 Å². The maximum atomic E-state index is 13.5. The van der Waals surface area contributed by atoms with Crippen LogP contribution in [0.1, 0.15) is 36.2 Å². The van der Waals surface area contributed by atoms with Crippen LogP contribution in [0, 0.1) is 0 Å². The van der Waals surface area contributed by atoms with Crippen LogP contribution in [0.25, 0.3) is 11.1 Å². The monoisotopic (exact) mass is 582 g/mol. The molecule has 2 atom stereocenters. The van der Waals surface area contributed by atoms with Gasteiger partial charge in [-0.15, -0.1) is 0 Å². The van der Waals surface area contributed by atoms with Crippen LogP contribution >= 0.6 is 7.60 Å². The fraction of sp³-hybridized carbons (Fsp3) is 0.300. The van der Waals surface area contributed by atoms with Gasteiger partial charge >= 0.3 is 19.5 Å². The van der Waals surface area contributed by atoms with Gasteiger partial charge in [-0.1, -0.05) is 72.8 Å². The zero-order valence-corrected chi connectivity index (χ0v) is 23.9. The molecule has 0 aromatic heterocycles. The molecule has 3 N–H and O–H groups in total. The SMILES string of the molecule is CCOC(=O)CCNC(=O)C(Cc1ccc(-c2ccccc2)cc1)N(CP(=O)(O)O)C(C)OC(=O)c1ccccc1. The van der Waals surface area contributed by atoms with Crippen molar-refractivity contribution in [2.75, 3.05) is 19.4 Å². The third-order valence-electron chi connectivity index (χ3n) is 6.23. The fourth-order valence-corrected chi connectivity index (χ4v) is 5.08. The van der Waals surface area contributed by atoms with Crippen molar-refractivity contribution in [3.8, 4) is 11.1 Å². The van der Waals surface area contributed by atoms with Gasteiger partial charge in [0.15, 0.2) is 6.23 Å². The first-order chi connectivity index (χ1) is 19.6. The van der Waals surface area contributed by atoms with E-state index in [1.807, 2.05) is 54.6 Å². The van der Waals surface area contributed by atoms with Gasteiger partial charge in [0.25, 0.3) is 0 Å². The first kappa shape index (κ1) is 31.7. The molecule has 0 aliphatic carbocycles. The zero-order chi connectivity index (χ0) is 29.8. The zero-order valence-electron chi connectivity index (χ0n) is 23.0. The van der Waals surface area contributed by atoms with Crippen molar-refractivity contribution in [1.29, 1.82) is 0 Å². The van der Waals surface area contributed by atoms with Gasteiger partial charge in [0.2, 0.25) is 5.91 Å². The lowest BCUT2D eigenvalue weighted by Crippen LogP contribution is -2.53. The number of rotatable bonds is 14. The predicted octanol–water partition coefficient (Wildman–Crippen LogP) is 3.97. The van der Waals surface area contributed by atoms with Gasteiger partial charge in [-0.2, -0.15) is 0 Å². The Kier molecular flexibility index (Phi) is 11.8. The highest BCUT2D eigenvalue weighted by atomic mass is 31.2. The van der Waals surface area contributed by atoms with E-state index in [-0.39, 0.29) is 31.6 Å². The van der Waals surface area contributed by atoms with Gasteiger partial charge in [0.1, 0.15) is 6.29 Å². The van der Waals surface area contributed by atoms with Crippen molar-refractivity contribution in [2.24, 2.45) is 0 Å². The summed E-state index contributed by atoms with van der Waals surface area (Å²) in [7, 11) is -4.71. The van der Waals surface area contributed by atoms with Gasteiger partial charge in [0, 0.05) is 6.54 Å². The van der Waals surface area contributed by atoms with E-state index in [0.717, 1.165) is 11.1 Å². The molecule has 3 rings (SSSR count). The molecule has 0 aliphatic heterocycles. The minimum atomic E-state index is -4.71. The fourth-order valence-electron chi connectivity index (χ4n) is 4.23. The van der Waals surface area contributed by atoms with E-state index in [1.54, 1.807) is 37.3 Å². The molecule has 41 heavy (non-hydrogen) atoms. The number of esters is 2. The lowest BCUT2D eigenvalue weighted by molar-refractivity contribution is -0.143. The summed E-state index contributed by atoms with van der Waals surface area (Å²) in [6, 6.07) is 24.2. The molecule has 3 aromatic rings. The number of amides is 1. The maximum Gasteiger partial charge on any atom is 0.339 e.